The first kappa shape index (κ1) is 20.2. The van der Waals surface area contributed by atoms with Crippen molar-refractivity contribution in [3.63, 3.8) is 0 Å². The number of ether oxygens (including phenoxy) is 2. The Morgan fingerprint density at radius 2 is 1.63 bits per heavy atom. The zero-order valence-corrected chi connectivity index (χ0v) is 13.9. The molecular formula is C18H16F4N2O3. The second-order valence-corrected chi connectivity index (χ2v) is 5.31. The third-order valence-corrected chi connectivity index (χ3v) is 3.30. The second-order valence-electron chi connectivity index (χ2n) is 5.31. The lowest BCUT2D eigenvalue weighted by Gasteiger charge is -2.10. The molecule has 0 aromatic heterocycles. The summed E-state index contributed by atoms with van der Waals surface area (Å²) in [7, 11) is 0. The molecule has 0 radical (unpaired) electrons. The number of anilines is 1. The average molecular weight is 384 g/mol. The third-order valence-electron chi connectivity index (χ3n) is 3.30. The Balaban J connectivity index is 1.94. The van der Waals surface area contributed by atoms with Crippen LogP contribution >= 0.6 is 0 Å². The molecule has 0 saturated heterocycles. The van der Waals surface area contributed by atoms with Gasteiger partial charge in [-0.25, -0.2) is 4.39 Å². The van der Waals surface area contributed by atoms with E-state index in [1.165, 1.54) is 36.4 Å². The summed E-state index contributed by atoms with van der Waals surface area (Å²) in [6.07, 6.45) is -4.40. The summed E-state index contributed by atoms with van der Waals surface area (Å²) in [6, 6.07) is 10.8. The van der Waals surface area contributed by atoms with Crippen LogP contribution in [0, 0.1) is 0 Å². The van der Waals surface area contributed by atoms with Crippen LogP contribution in [0.25, 0.3) is 0 Å². The first-order chi connectivity index (χ1) is 12.8. The lowest BCUT2D eigenvalue weighted by Crippen LogP contribution is -2.17. The monoisotopic (exact) mass is 384 g/mol. The minimum atomic E-state index is -4.78. The molecule has 9 heteroatoms. The van der Waals surface area contributed by atoms with Crippen molar-refractivity contribution in [1.82, 2.24) is 0 Å². The van der Waals surface area contributed by atoms with Crippen LogP contribution in [0.15, 0.2) is 60.4 Å². The van der Waals surface area contributed by atoms with Crippen LogP contribution in [0.4, 0.5) is 23.2 Å². The number of amides is 1. The van der Waals surface area contributed by atoms with E-state index < -0.39 is 12.3 Å². The largest absolute Gasteiger partial charge is 0.573 e. The van der Waals surface area contributed by atoms with Crippen molar-refractivity contribution in [1.29, 1.82) is 0 Å². The summed E-state index contributed by atoms with van der Waals surface area (Å²) in [4.78, 5) is 12.2. The average Bonchev–Trinajstić information content (AvgIpc) is 2.63. The summed E-state index contributed by atoms with van der Waals surface area (Å²) >= 11 is 0. The second kappa shape index (κ2) is 9.04. The predicted molar refractivity (Wildman–Crippen MR) is 91.3 cm³/mol. The molecule has 0 unspecified atom stereocenters. The smallest absolute Gasteiger partial charge is 0.489 e. The van der Waals surface area contributed by atoms with Gasteiger partial charge in [-0.3, -0.25) is 4.79 Å². The molecule has 0 saturated carbocycles. The Hall–Kier alpha value is -3.07. The summed E-state index contributed by atoms with van der Waals surface area (Å²) < 4.78 is 57.8. The first-order valence-electron chi connectivity index (χ1n) is 7.69. The zero-order chi connectivity index (χ0) is 19.9. The van der Waals surface area contributed by atoms with Crippen LogP contribution in [0.5, 0.6) is 11.5 Å². The highest BCUT2D eigenvalue weighted by Crippen LogP contribution is 2.24. The van der Waals surface area contributed by atoms with Gasteiger partial charge in [-0.2, -0.15) is 0 Å². The molecule has 1 amide bonds. The van der Waals surface area contributed by atoms with Crippen LogP contribution in [-0.4, -0.2) is 25.4 Å². The molecule has 0 spiro atoms. The van der Waals surface area contributed by atoms with Gasteiger partial charge in [0.2, 0.25) is 0 Å². The van der Waals surface area contributed by atoms with Gasteiger partial charge < -0.3 is 20.5 Å². The van der Waals surface area contributed by atoms with E-state index >= 15 is 0 Å². The van der Waals surface area contributed by atoms with Crippen LogP contribution in [0.3, 0.4) is 0 Å². The van der Waals surface area contributed by atoms with Crippen LogP contribution in [0.1, 0.15) is 10.4 Å². The number of carbonyl (C=O) groups is 1. The fraction of sp³-hybridized carbons (Fsp3) is 0.167. The number of nitrogens with two attached hydrogens (primary N) is 1. The van der Waals surface area contributed by atoms with Gasteiger partial charge >= 0.3 is 6.36 Å². The lowest BCUT2D eigenvalue weighted by atomic mass is 10.2. The molecule has 2 aromatic carbocycles. The van der Waals surface area contributed by atoms with Crippen molar-refractivity contribution in [2.45, 2.75) is 6.36 Å². The molecule has 0 aliphatic rings. The number of hydrogen-bond donors (Lipinski definition) is 2. The van der Waals surface area contributed by atoms with Gasteiger partial charge in [0, 0.05) is 23.4 Å². The van der Waals surface area contributed by atoms with Gasteiger partial charge in [0.25, 0.3) is 5.91 Å². The van der Waals surface area contributed by atoms with Gasteiger partial charge in [0.1, 0.15) is 18.1 Å². The minimum Gasteiger partial charge on any atom is -0.489 e. The van der Waals surface area contributed by atoms with E-state index in [-0.39, 0.29) is 24.5 Å². The summed E-state index contributed by atoms with van der Waals surface area (Å²) in [5.74, 6) is -0.425. The highest BCUT2D eigenvalue weighted by atomic mass is 19.4. The summed E-state index contributed by atoms with van der Waals surface area (Å²) in [5.41, 5.74) is 6.21. The highest BCUT2D eigenvalue weighted by Gasteiger charge is 2.30. The van der Waals surface area contributed by atoms with Crippen LogP contribution in [0.2, 0.25) is 0 Å². The molecule has 0 aliphatic carbocycles. The Bertz CT molecular complexity index is 788. The normalized spacial score (nSPS) is 11.8. The van der Waals surface area contributed by atoms with E-state index in [4.69, 9.17) is 10.5 Å². The molecule has 2 aromatic rings. The number of rotatable bonds is 7. The number of nitrogens with one attached hydrogen (secondary N) is 1. The molecule has 5 nitrogen and oxygen atoms in total. The van der Waals surface area contributed by atoms with Crippen LogP contribution in [-0.2, 0) is 0 Å². The topological polar surface area (TPSA) is 73.6 Å². The summed E-state index contributed by atoms with van der Waals surface area (Å²) in [6.45, 7) is 0.0225. The molecule has 144 valence electrons. The molecule has 2 rings (SSSR count). The molecule has 3 N–H and O–H groups in total. The Morgan fingerprint density at radius 1 is 1.04 bits per heavy atom. The van der Waals surface area contributed by atoms with Crippen LogP contribution < -0.4 is 20.5 Å². The maximum atomic E-state index is 12.4. The van der Waals surface area contributed by atoms with Gasteiger partial charge in [0.15, 0.2) is 0 Å². The minimum absolute atomic E-state index is 0.00904. The van der Waals surface area contributed by atoms with Gasteiger partial charge in [-0.1, -0.05) is 0 Å². The predicted octanol–water partition coefficient (Wildman–Crippen LogP) is 4.03. The number of halogens is 4. The van der Waals surface area contributed by atoms with E-state index in [0.29, 0.717) is 23.3 Å². The number of hydrogen-bond acceptors (Lipinski definition) is 4. The number of benzene rings is 2. The van der Waals surface area contributed by atoms with Gasteiger partial charge in [-0.05, 0) is 48.5 Å². The fourth-order valence-corrected chi connectivity index (χ4v) is 1.96. The van der Waals surface area contributed by atoms with E-state index in [0.717, 1.165) is 12.1 Å². The van der Waals surface area contributed by atoms with Crippen molar-refractivity contribution in [3.05, 3.63) is 66.0 Å². The van der Waals surface area contributed by atoms with E-state index in [9.17, 15) is 22.4 Å². The standard InChI is InChI=1S/C18H16F4N2O3/c19-9-12(10-23)11-26-15-5-1-13(2-6-15)17(25)24-14-3-7-16(8-4-14)27-18(20,21)22/h1-9H,10-11,23H2,(H,24,25)/b12-9-. The van der Waals surface area contributed by atoms with Crippen molar-refractivity contribution in [2.24, 2.45) is 5.73 Å². The fourth-order valence-electron chi connectivity index (χ4n) is 1.96. The Kier molecular flexibility index (Phi) is 6.78. The molecule has 0 bridgehead atoms. The number of carbonyl (C=O) groups excluding carboxylic acids is 1. The Labute approximate surface area is 152 Å². The molecular weight excluding hydrogens is 368 g/mol. The molecule has 0 fully saturated rings. The van der Waals surface area contributed by atoms with Crippen molar-refractivity contribution >= 4 is 11.6 Å². The first-order valence-corrected chi connectivity index (χ1v) is 7.69. The molecule has 0 atom stereocenters. The third kappa shape index (κ3) is 6.63. The van der Waals surface area contributed by atoms with E-state index in [1.807, 2.05) is 0 Å². The molecule has 0 heterocycles. The van der Waals surface area contributed by atoms with Crippen molar-refractivity contribution in [3.8, 4) is 11.5 Å². The summed E-state index contributed by atoms with van der Waals surface area (Å²) in [5, 5.41) is 2.54. The molecule has 0 aliphatic heterocycles. The maximum Gasteiger partial charge on any atom is 0.573 e. The quantitative estimate of drug-likeness (QED) is 0.707. The lowest BCUT2D eigenvalue weighted by molar-refractivity contribution is -0.274. The van der Waals surface area contributed by atoms with Crippen molar-refractivity contribution < 1.29 is 31.8 Å². The van der Waals surface area contributed by atoms with Gasteiger partial charge in [0.05, 0.1) is 6.33 Å². The van der Waals surface area contributed by atoms with E-state index in [2.05, 4.69) is 10.1 Å². The van der Waals surface area contributed by atoms with Crippen molar-refractivity contribution in [2.75, 3.05) is 18.5 Å². The number of alkyl halides is 3. The molecule has 27 heavy (non-hydrogen) atoms. The zero-order valence-electron chi connectivity index (χ0n) is 13.9. The highest BCUT2D eigenvalue weighted by molar-refractivity contribution is 6.04. The van der Waals surface area contributed by atoms with E-state index in [1.54, 1.807) is 0 Å². The Morgan fingerprint density at radius 3 is 2.15 bits per heavy atom. The van der Waals surface area contributed by atoms with Gasteiger partial charge in [-0.15, -0.1) is 13.2 Å². The SMILES string of the molecule is NC/C(=C/F)COc1ccc(C(=O)Nc2ccc(OC(F)(F)F)cc2)cc1. The maximum absolute atomic E-state index is 12.4.